The van der Waals surface area contributed by atoms with Gasteiger partial charge < -0.3 is 10.2 Å². The third kappa shape index (κ3) is 6.40. The molecule has 0 radical (unpaired) electrons. The van der Waals surface area contributed by atoms with E-state index in [1.165, 1.54) is 0 Å². The van der Waals surface area contributed by atoms with Crippen molar-refractivity contribution in [1.82, 2.24) is 14.9 Å². The molecule has 2 rings (SSSR count). The Bertz CT molecular complexity index is 783. The monoisotopic (exact) mass is 412 g/mol. The molecule has 0 aliphatic carbocycles. The lowest BCUT2D eigenvalue weighted by Crippen LogP contribution is -2.50. The van der Waals surface area contributed by atoms with Crippen LogP contribution in [0.25, 0.3) is 0 Å². The number of sulfonamides is 1. The fourth-order valence-corrected chi connectivity index (χ4v) is 5.84. The van der Waals surface area contributed by atoms with Crippen molar-refractivity contribution in [1.29, 1.82) is 0 Å². The SMILES string of the molecule is CN=C(NCc1ccccc1S(=O)(=O)NC(C)(C)C)N1CCSC(C)(C)C1. The van der Waals surface area contributed by atoms with Gasteiger partial charge >= 0.3 is 0 Å². The molecule has 0 spiro atoms. The van der Waals surface area contributed by atoms with Crippen molar-refractivity contribution >= 4 is 27.7 Å². The molecule has 8 heteroatoms. The molecule has 1 aliphatic rings. The van der Waals surface area contributed by atoms with Crippen LogP contribution in [0.15, 0.2) is 34.2 Å². The van der Waals surface area contributed by atoms with Crippen LogP contribution in [0.2, 0.25) is 0 Å². The van der Waals surface area contributed by atoms with Gasteiger partial charge in [0.2, 0.25) is 10.0 Å². The van der Waals surface area contributed by atoms with Gasteiger partial charge in [-0.05, 0) is 46.2 Å². The predicted octanol–water partition coefficient (Wildman–Crippen LogP) is 2.67. The number of aliphatic imine (C=N–C) groups is 1. The van der Waals surface area contributed by atoms with Crippen LogP contribution in [0.4, 0.5) is 0 Å². The smallest absolute Gasteiger partial charge is 0.241 e. The molecule has 0 amide bonds. The summed E-state index contributed by atoms with van der Waals surface area (Å²) >= 11 is 1.97. The number of rotatable bonds is 4. The standard InChI is InChI=1S/C19H32N4O2S2/c1-18(2,3)22-27(24,25)16-10-8-7-9-15(16)13-21-17(20-6)23-11-12-26-19(4,5)14-23/h7-10,22H,11-14H2,1-6H3,(H,20,21). The molecule has 152 valence electrons. The normalized spacial score (nSPS) is 18.4. The molecule has 1 aromatic carbocycles. The van der Waals surface area contributed by atoms with Gasteiger partial charge in [0, 0.05) is 42.7 Å². The Hall–Kier alpha value is -1.25. The molecular formula is C19H32N4O2S2. The predicted molar refractivity (Wildman–Crippen MR) is 115 cm³/mol. The summed E-state index contributed by atoms with van der Waals surface area (Å²) in [5.74, 6) is 1.85. The van der Waals surface area contributed by atoms with Crippen LogP contribution in [-0.2, 0) is 16.6 Å². The van der Waals surface area contributed by atoms with Crippen LogP contribution in [-0.4, -0.2) is 55.5 Å². The second-order valence-corrected chi connectivity index (χ2v) is 11.8. The Balaban J connectivity index is 2.16. The molecule has 0 aromatic heterocycles. The lowest BCUT2D eigenvalue weighted by molar-refractivity contribution is 0.375. The van der Waals surface area contributed by atoms with Crippen LogP contribution in [0, 0.1) is 0 Å². The maximum Gasteiger partial charge on any atom is 0.241 e. The first-order valence-electron chi connectivity index (χ1n) is 9.15. The van der Waals surface area contributed by atoms with E-state index in [2.05, 4.69) is 33.8 Å². The minimum Gasteiger partial charge on any atom is -0.352 e. The van der Waals surface area contributed by atoms with E-state index in [4.69, 9.17) is 0 Å². The van der Waals surface area contributed by atoms with Crippen LogP contribution in [0.1, 0.15) is 40.2 Å². The zero-order chi connectivity index (χ0) is 20.3. The molecular weight excluding hydrogens is 380 g/mol. The number of hydrogen-bond acceptors (Lipinski definition) is 4. The molecule has 1 aromatic rings. The van der Waals surface area contributed by atoms with Crippen LogP contribution in [0.5, 0.6) is 0 Å². The number of guanidine groups is 1. The van der Waals surface area contributed by atoms with Gasteiger partial charge in [-0.3, -0.25) is 4.99 Å². The Labute approximate surface area is 168 Å². The topological polar surface area (TPSA) is 73.8 Å². The fourth-order valence-electron chi connectivity index (χ4n) is 3.07. The second kappa shape index (κ2) is 8.41. The van der Waals surface area contributed by atoms with Crippen molar-refractivity contribution in [2.24, 2.45) is 4.99 Å². The summed E-state index contributed by atoms with van der Waals surface area (Å²) in [6.07, 6.45) is 0. The molecule has 1 saturated heterocycles. The highest BCUT2D eigenvalue weighted by atomic mass is 32.2. The van der Waals surface area contributed by atoms with E-state index < -0.39 is 15.6 Å². The van der Waals surface area contributed by atoms with E-state index in [-0.39, 0.29) is 4.75 Å². The second-order valence-electron chi connectivity index (χ2n) is 8.39. The number of nitrogens with zero attached hydrogens (tertiary/aromatic N) is 2. The molecule has 0 atom stereocenters. The van der Waals surface area contributed by atoms with Crippen molar-refractivity contribution < 1.29 is 8.42 Å². The van der Waals surface area contributed by atoms with Crippen molar-refractivity contribution in [3.8, 4) is 0 Å². The minimum atomic E-state index is -3.59. The van der Waals surface area contributed by atoms with E-state index >= 15 is 0 Å². The molecule has 1 fully saturated rings. The van der Waals surface area contributed by atoms with Crippen LogP contribution >= 0.6 is 11.8 Å². The van der Waals surface area contributed by atoms with Crippen molar-refractivity contribution in [2.45, 2.75) is 56.3 Å². The summed E-state index contributed by atoms with van der Waals surface area (Å²) in [6, 6.07) is 7.10. The van der Waals surface area contributed by atoms with Crippen molar-refractivity contribution in [3.63, 3.8) is 0 Å². The molecule has 0 bridgehead atoms. The maximum atomic E-state index is 12.8. The Morgan fingerprint density at radius 2 is 1.96 bits per heavy atom. The highest BCUT2D eigenvalue weighted by Gasteiger charge is 2.29. The maximum absolute atomic E-state index is 12.8. The van der Waals surface area contributed by atoms with E-state index in [1.54, 1.807) is 19.2 Å². The van der Waals surface area contributed by atoms with Crippen molar-refractivity contribution in [3.05, 3.63) is 29.8 Å². The molecule has 1 aliphatic heterocycles. The molecule has 27 heavy (non-hydrogen) atoms. The zero-order valence-electron chi connectivity index (χ0n) is 17.2. The number of benzene rings is 1. The molecule has 6 nitrogen and oxygen atoms in total. The van der Waals surface area contributed by atoms with E-state index in [9.17, 15) is 8.42 Å². The Morgan fingerprint density at radius 1 is 1.30 bits per heavy atom. The van der Waals surface area contributed by atoms with Gasteiger partial charge in [-0.25, -0.2) is 13.1 Å². The highest BCUT2D eigenvalue weighted by molar-refractivity contribution is 8.00. The summed E-state index contributed by atoms with van der Waals surface area (Å²) in [4.78, 5) is 6.94. The van der Waals surface area contributed by atoms with E-state index in [1.807, 2.05) is 44.7 Å². The third-order valence-corrected chi connectivity index (χ3v) is 7.23. The number of hydrogen-bond donors (Lipinski definition) is 2. The lowest BCUT2D eigenvalue weighted by atomic mass is 10.1. The summed E-state index contributed by atoms with van der Waals surface area (Å²) in [5, 5.41) is 3.34. The molecule has 2 N–H and O–H groups in total. The van der Waals surface area contributed by atoms with Gasteiger partial charge in [0.05, 0.1) is 4.90 Å². The largest absolute Gasteiger partial charge is 0.352 e. The summed E-state index contributed by atoms with van der Waals surface area (Å²) in [6.45, 7) is 12.2. The molecule has 1 heterocycles. The first-order chi connectivity index (χ1) is 12.4. The molecule has 0 unspecified atom stereocenters. The minimum absolute atomic E-state index is 0.174. The van der Waals surface area contributed by atoms with Crippen LogP contribution < -0.4 is 10.0 Å². The van der Waals surface area contributed by atoms with Gasteiger partial charge in [0.25, 0.3) is 0 Å². The van der Waals surface area contributed by atoms with E-state index in [0.717, 1.165) is 30.4 Å². The van der Waals surface area contributed by atoms with Gasteiger partial charge in [-0.15, -0.1) is 0 Å². The number of thioether (sulfide) groups is 1. The average Bonchev–Trinajstić information content (AvgIpc) is 2.52. The first kappa shape index (κ1) is 22.0. The molecule has 0 saturated carbocycles. The van der Waals surface area contributed by atoms with Crippen molar-refractivity contribution in [2.75, 3.05) is 25.9 Å². The average molecular weight is 413 g/mol. The quantitative estimate of drug-likeness (QED) is 0.587. The third-order valence-electron chi connectivity index (χ3n) is 4.08. The number of nitrogens with one attached hydrogen (secondary N) is 2. The summed E-state index contributed by atoms with van der Waals surface area (Å²) in [7, 11) is -1.83. The van der Waals surface area contributed by atoms with Crippen LogP contribution in [0.3, 0.4) is 0 Å². The first-order valence-corrected chi connectivity index (χ1v) is 11.6. The fraction of sp³-hybridized carbons (Fsp3) is 0.632. The van der Waals surface area contributed by atoms with Gasteiger partial charge in [0.1, 0.15) is 0 Å². The van der Waals surface area contributed by atoms with E-state index in [0.29, 0.717) is 11.4 Å². The Kier molecular flexibility index (Phi) is 6.86. The lowest BCUT2D eigenvalue weighted by Gasteiger charge is -2.39. The van der Waals surface area contributed by atoms with Gasteiger partial charge in [-0.2, -0.15) is 11.8 Å². The van der Waals surface area contributed by atoms with Gasteiger partial charge in [-0.1, -0.05) is 18.2 Å². The summed E-state index contributed by atoms with van der Waals surface area (Å²) in [5.41, 5.74) is 0.188. The summed E-state index contributed by atoms with van der Waals surface area (Å²) < 4.78 is 28.5. The zero-order valence-corrected chi connectivity index (χ0v) is 18.8. The highest BCUT2D eigenvalue weighted by Crippen LogP contribution is 2.29. The Morgan fingerprint density at radius 3 is 2.56 bits per heavy atom. The van der Waals surface area contributed by atoms with Gasteiger partial charge in [0.15, 0.2) is 5.96 Å².